The molecule has 0 amide bonds. The van der Waals surface area contributed by atoms with Gasteiger partial charge in [0.15, 0.2) is 6.10 Å². The van der Waals surface area contributed by atoms with Gasteiger partial charge in [-0.1, -0.05) is 116 Å². The lowest BCUT2D eigenvalue weighted by Gasteiger charge is -2.24. The number of quaternary nitrogens is 1. The SMILES string of the molecule is CCCCCc1oc(CCCCCCCCCCC(=O)OC[C@H](COP(=O)(O)OCC[N+](C)(C)C)OC(=O)CCCCCCC/C=C\CC2OC2CCCCC)c(C)c1C. The Labute approximate surface area is 365 Å². The van der Waals surface area contributed by atoms with Gasteiger partial charge in [-0.2, -0.15) is 0 Å². The number of hydrogen-bond acceptors (Lipinski definition) is 9. The van der Waals surface area contributed by atoms with Gasteiger partial charge in [0, 0.05) is 25.7 Å². The molecule has 11 nitrogen and oxygen atoms in total. The fraction of sp³-hybridized carbons (Fsp3) is 0.833. The van der Waals surface area contributed by atoms with E-state index in [0.717, 1.165) is 89.2 Å². The van der Waals surface area contributed by atoms with Crippen molar-refractivity contribution in [1.82, 2.24) is 0 Å². The molecule has 1 fully saturated rings. The summed E-state index contributed by atoms with van der Waals surface area (Å²) in [5.74, 6) is 1.50. The largest absolute Gasteiger partial charge is 0.472 e. The molecule has 1 aliphatic heterocycles. The predicted molar refractivity (Wildman–Crippen MR) is 241 cm³/mol. The maximum atomic E-state index is 12.7. The number of phosphoric acid groups is 1. The number of epoxide rings is 1. The van der Waals surface area contributed by atoms with Gasteiger partial charge in [-0.25, -0.2) is 4.57 Å². The molecule has 2 heterocycles. The number of esters is 2. The molecule has 0 saturated carbocycles. The van der Waals surface area contributed by atoms with Crippen molar-refractivity contribution in [3.63, 3.8) is 0 Å². The third-order valence-corrected chi connectivity index (χ3v) is 12.4. The molecule has 348 valence electrons. The molecule has 0 bridgehead atoms. The lowest BCUT2D eigenvalue weighted by Crippen LogP contribution is -2.37. The summed E-state index contributed by atoms with van der Waals surface area (Å²) in [6, 6.07) is 0. The summed E-state index contributed by atoms with van der Waals surface area (Å²) in [4.78, 5) is 35.6. The molecule has 0 aliphatic carbocycles. The zero-order valence-electron chi connectivity index (χ0n) is 39.1. The number of ether oxygens (including phenoxy) is 3. The first-order valence-electron chi connectivity index (χ1n) is 23.9. The highest BCUT2D eigenvalue weighted by molar-refractivity contribution is 7.47. The summed E-state index contributed by atoms with van der Waals surface area (Å²) in [6.45, 7) is 8.69. The van der Waals surface area contributed by atoms with E-state index < -0.39 is 26.5 Å². The molecule has 0 radical (unpaired) electrons. The van der Waals surface area contributed by atoms with Gasteiger partial charge in [0.2, 0.25) is 0 Å². The average Bonchev–Trinajstić information content (AvgIpc) is 3.89. The second-order valence-electron chi connectivity index (χ2n) is 18.1. The number of allylic oxidation sites excluding steroid dienone is 1. The lowest BCUT2D eigenvalue weighted by molar-refractivity contribution is -0.870. The van der Waals surface area contributed by atoms with Gasteiger partial charge in [-0.05, 0) is 76.3 Å². The number of aryl methyl sites for hydroxylation is 2. The van der Waals surface area contributed by atoms with Gasteiger partial charge in [-0.3, -0.25) is 18.6 Å². The van der Waals surface area contributed by atoms with Crippen molar-refractivity contribution >= 4 is 19.8 Å². The molecule has 4 atom stereocenters. The van der Waals surface area contributed by atoms with Crippen molar-refractivity contribution < 1.29 is 51.2 Å². The molecule has 3 unspecified atom stereocenters. The predicted octanol–water partition coefficient (Wildman–Crippen LogP) is 12.0. The Hall–Kier alpha value is -2.01. The average molecular weight is 869 g/mol. The van der Waals surface area contributed by atoms with Crippen LogP contribution in [0.2, 0.25) is 0 Å². The Morgan fingerprint density at radius 3 is 1.87 bits per heavy atom. The van der Waals surface area contributed by atoms with E-state index in [1.165, 1.54) is 81.1 Å². The van der Waals surface area contributed by atoms with E-state index in [2.05, 4.69) is 39.8 Å². The van der Waals surface area contributed by atoms with Gasteiger partial charge in [0.1, 0.15) is 31.3 Å². The number of carbonyl (C=O) groups is 2. The van der Waals surface area contributed by atoms with Crippen molar-refractivity contribution in [3.8, 4) is 0 Å². The van der Waals surface area contributed by atoms with Crippen LogP contribution in [0.5, 0.6) is 0 Å². The second-order valence-corrected chi connectivity index (χ2v) is 19.6. The fourth-order valence-electron chi connectivity index (χ4n) is 7.26. The molecule has 12 heteroatoms. The Kier molecular flexibility index (Phi) is 28.7. The normalized spacial score (nSPS) is 16.9. The van der Waals surface area contributed by atoms with Gasteiger partial charge in [0.05, 0.1) is 40.0 Å². The summed E-state index contributed by atoms with van der Waals surface area (Å²) in [6.07, 6.45) is 31.0. The summed E-state index contributed by atoms with van der Waals surface area (Å²) >= 11 is 0. The summed E-state index contributed by atoms with van der Waals surface area (Å²) < 4.78 is 46.4. The zero-order valence-corrected chi connectivity index (χ0v) is 40.0. The van der Waals surface area contributed by atoms with Crippen LogP contribution in [0, 0.1) is 13.8 Å². The van der Waals surface area contributed by atoms with Crippen molar-refractivity contribution in [1.29, 1.82) is 0 Å². The van der Waals surface area contributed by atoms with Gasteiger partial charge in [-0.15, -0.1) is 0 Å². The first-order valence-corrected chi connectivity index (χ1v) is 25.4. The minimum Gasteiger partial charge on any atom is -0.466 e. The third-order valence-electron chi connectivity index (χ3n) is 11.4. The van der Waals surface area contributed by atoms with Gasteiger partial charge >= 0.3 is 19.8 Å². The minimum absolute atomic E-state index is 0.0211. The topological polar surface area (TPSA) is 134 Å². The summed E-state index contributed by atoms with van der Waals surface area (Å²) in [7, 11) is 1.44. The molecular formula is C48H87NO10P+. The van der Waals surface area contributed by atoms with Crippen LogP contribution >= 0.6 is 7.82 Å². The van der Waals surface area contributed by atoms with E-state index in [1.807, 2.05) is 21.1 Å². The van der Waals surface area contributed by atoms with E-state index in [9.17, 15) is 19.0 Å². The van der Waals surface area contributed by atoms with Crippen LogP contribution in [0.1, 0.15) is 191 Å². The zero-order chi connectivity index (χ0) is 44.1. The van der Waals surface area contributed by atoms with E-state index in [4.69, 9.17) is 27.7 Å². The van der Waals surface area contributed by atoms with Crippen LogP contribution in [0.3, 0.4) is 0 Å². The molecule has 1 aliphatic rings. The molecular weight excluding hydrogens is 781 g/mol. The number of carbonyl (C=O) groups excluding carboxylic acids is 2. The van der Waals surface area contributed by atoms with E-state index in [1.54, 1.807) is 0 Å². The number of unbranched alkanes of at least 4 members (excludes halogenated alkanes) is 16. The highest BCUT2D eigenvalue weighted by Gasteiger charge is 2.36. The van der Waals surface area contributed by atoms with Gasteiger partial charge < -0.3 is 28.0 Å². The second kappa shape index (κ2) is 31.8. The van der Waals surface area contributed by atoms with E-state index in [0.29, 0.717) is 29.7 Å². The Morgan fingerprint density at radius 2 is 1.25 bits per heavy atom. The van der Waals surface area contributed by atoms with Crippen molar-refractivity contribution in [2.24, 2.45) is 0 Å². The molecule has 0 spiro atoms. The first-order chi connectivity index (χ1) is 28.7. The van der Waals surface area contributed by atoms with Gasteiger partial charge in [0.25, 0.3) is 0 Å². The molecule has 1 N–H and O–H groups in total. The highest BCUT2D eigenvalue weighted by Crippen LogP contribution is 2.43. The number of phosphoric ester groups is 1. The monoisotopic (exact) mass is 869 g/mol. The summed E-state index contributed by atoms with van der Waals surface area (Å²) in [5.41, 5.74) is 2.66. The smallest absolute Gasteiger partial charge is 0.466 e. The van der Waals surface area contributed by atoms with E-state index >= 15 is 0 Å². The van der Waals surface area contributed by atoms with E-state index in [-0.39, 0.29) is 32.0 Å². The van der Waals surface area contributed by atoms with Crippen molar-refractivity contribution in [3.05, 3.63) is 34.8 Å². The van der Waals surface area contributed by atoms with Crippen LogP contribution < -0.4 is 0 Å². The summed E-state index contributed by atoms with van der Waals surface area (Å²) in [5, 5.41) is 0. The van der Waals surface area contributed by atoms with Crippen LogP contribution in [0.15, 0.2) is 16.6 Å². The Balaban J connectivity index is 1.61. The maximum absolute atomic E-state index is 12.7. The van der Waals surface area contributed by atoms with Crippen LogP contribution in [0.25, 0.3) is 0 Å². The number of rotatable bonds is 39. The first kappa shape index (κ1) is 54.1. The van der Waals surface area contributed by atoms with Crippen molar-refractivity contribution in [2.75, 3.05) is 47.5 Å². The van der Waals surface area contributed by atoms with Crippen LogP contribution in [-0.4, -0.2) is 87.1 Å². The van der Waals surface area contributed by atoms with Crippen LogP contribution in [-0.2, 0) is 50.3 Å². The highest BCUT2D eigenvalue weighted by atomic mass is 31.2. The fourth-order valence-corrected chi connectivity index (χ4v) is 8.00. The Morgan fingerprint density at radius 1 is 0.700 bits per heavy atom. The standard InChI is InChI=1S/C48H86NO10P/c1-8-10-24-30-43-40(3)41(4)44(58-43)31-26-20-16-12-14-18-22-28-34-47(50)54-38-42(39-56-60(52,53)55-37-36-49(5,6)7)57-48(51)35-29-23-19-15-13-17-21-27-33-46-45(59-46)32-25-11-9-2/h21,27,42,45-46H,8-20,22-26,28-39H2,1-7H3/p+1/b27-21-/t42-,45?,46?/m1/s1. The lowest BCUT2D eigenvalue weighted by atomic mass is 10.0. The third kappa shape index (κ3) is 27.1. The van der Waals surface area contributed by atoms with Crippen LogP contribution in [0.4, 0.5) is 0 Å². The molecule has 1 aromatic rings. The van der Waals surface area contributed by atoms with Crippen molar-refractivity contribution in [2.45, 2.75) is 213 Å². The molecule has 2 rings (SSSR count). The molecule has 60 heavy (non-hydrogen) atoms. The Bertz CT molecular complexity index is 1370. The number of hydrogen-bond donors (Lipinski definition) is 1. The molecule has 1 aromatic heterocycles. The maximum Gasteiger partial charge on any atom is 0.472 e. The minimum atomic E-state index is -4.39. The molecule has 1 saturated heterocycles. The molecule has 0 aromatic carbocycles. The number of likely N-dealkylation sites (N-methyl/N-ethyl adjacent to an activating group) is 1. The number of furan rings is 1. The quantitative estimate of drug-likeness (QED) is 0.0170. The number of nitrogens with zero attached hydrogens (tertiary/aromatic N) is 1.